The first-order valence-electron chi connectivity index (χ1n) is 7.37. The smallest absolute Gasteiger partial charge is 0.00702 e. The first-order valence-corrected chi connectivity index (χ1v) is 7.37. The Morgan fingerprint density at radius 1 is 0.611 bits per heavy atom. The van der Waals surface area contributed by atoms with Gasteiger partial charge in [0.2, 0.25) is 0 Å². The fourth-order valence-corrected chi connectivity index (χ4v) is 3.99. The molecule has 0 radical (unpaired) electrons. The van der Waals surface area contributed by atoms with Crippen molar-refractivity contribution in [1.82, 2.24) is 10.6 Å². The molecule has 2 aliphatic heterocycles. The minimum absolute atomic E-state index is 0. The first-order chi connectivity index (χ1) is 7.90. The molecule has 2 nitrogen and oxygen atoms in total. The minimum atomic E-state index is 0. The first kappa shape index (κ1) is 16.6. The number of halogens is 2. The summed E-state index contributed by atoms with van der Waals surface area (Å²) >= 11 is 0. The van der Waals surface area contributed by atoms with Crippen molar-refractivity contribution in [2.75, 3.05) is 13.1 Å². The van der Waals surface area contributed by atoms with Crippen molar-refractivity contribution in [2.24, 2.45) is 11.8 Å². The van der Waals surface area contributed by atoms with E-state index in [1.54, 1.807) is 0 Å². The van der Waals surface area contributed by atoms with Gasteiger partial charge in [0.15, 0.2) is 0 Å². The summed E-state index contributed by atoms with van der Waals surface area (Å²) in [6.45, 7) is 2.62. The highest BCUT2D eigenvalue weighted by atomic mass is 35.5. The van der Waals surface area contributed by atoms with Crippen LogP contribution in [-0.4, -0.2) is 25.2 Å². The normalized spacial score (nSPS) is 40.0. The Balaban J connectivity index is 0.000000162. The predicted molar refractivity (Wildman–Crippen MR) is 82.0 cm³/mol. The molecule has 0 spiro atoms. The Kier molecular flexibility index (Phi) is 7.30. The largest absolute Gasteiger partial charge is 0.314 e. The maximum atomic E-state index is 3.52. The molecule has 108 valence electrons. The monoisotopic (exact) mass is 294 g/mol. The van der Waals surface area contributed by atoms with Crippen LogP contribution in [0.25, 0.3) is 0 Å². The molecule has 2 saturated heterocycles. The molecule has 18 heavy (non-hydrogen) atoms. The fraction of sp³-hybridized carbons (Fsp3) is 1.00. The van der Waals surface area contributed by atoms with Crippen molar-refractivity contribution in [3.05, 3.63) is 0 Å². The zero-order valence-electron chi connectivity index (χ0n) is 11.2. The van der Waals surface area contributed by atoms with Crippen LogP contribution < -0.4 is 10.6 Å². The van der Waals surface area contributed by atoms with Gasteiger partial charge in [0.25, 0.3) is 0 Å². The lowest BCUT2D eigenvalue weighted by atomic mass is 9.91. The van der Waals surface area contributed by atoms with Crippen LogP contribution in [-0.2, 0) is 0 Å². The van der Waals surface area contributed by atoms with E-state index in [4.69, 9.17) is 0 Å². The molecular formula is C14H28Cl2N2. The van der Waals surface area contributed by atoms with Crippen LogP contribution in [0.5, 0.6) is 0 Å². The maximum absolute atomic E-state index is 3.52. The van der Waals surface area contributed by atoms with Gasteiger partial charge >= 0.3 is 0 Å². The second-order valence-electron chi connectivity index (χ2n) is 6.28. The van der Waals surface area contributed by atoms with Gasteiger partial charge in [0.05, 0.1) is 0 Å². The van der Waals surface area contributed by atoms with Crippen molar-refractivity contribution in [2.45, 2.75) is 63.5 Å². The van der Waals surface area contributed by atoms with Crippen LogP contribution in [0.2, 0.25) is 0 Å². The van der Waals surface area contributed by atoms with Gasteiger partial charge in [-0.15, -0.1) is 24.8 Å². The molecule has 0 amide bonds. The lowest BCUT2D eigenvalue weighted by Gasteiger charge is -2.15. The van der Waals surface area contributed by atoms with Gasteiger partial charge < -0.3 is 10.6 Å². The summed E-state index contributed by atoms with van der Waals surface area (Å²) in [6.07, 6.45) is 11.8. The average molecular weight is 295 g/mol. The SMILES string of the molecule is C1C[C@@H]2CN[C@H](C1)C2.C1C[C@H]2CN[C@@H](C1)C2.Cl.Cl. The van der Waals surface area contributed by atoms with E-state index in [2.05, 4.69) is 10.6 Å². The molecule has 4 fully saturated rings. The number of hydrogen-bond acceptors (Lipinski definition) is 2. The molecule has 2 aliphatic carbocycles. The zero-order valence-corrected chi connectivity index (χ0v) is 12.8. The molecular weight excluding hydrogens is 267 g/mol. The average Bonchev–Trinajstić information content (AvgIpc) is 2.83. The van der Waals surface area contributed by atoms with E-state index >= 15 is 0 Å². The minimum Gasteiger partial charge on any atom is -0.314 e. The highest BCUT2D eigenvalue weighted by Crippen LogP contribution is 2.29. The third-order valence-electron chi connectivity index (χ3n) is 4.96. The highest BCUT2D eigenvalue weighted by Gasteiger charge is 2.27. The van der Waals surface area contributed by atoms with Crippen molar-refractivity contribution >= 4 is 24.8 Å². The van der Waals surface area contributed by atoms with Crippen LogP contribution in [0.1, 0.15) is 51.4 Å². The molecule has 0 aromatic rings. The second-order valence-corrected chi connectivity index (χ2v) is 6.28. The summed E-state index contributed by atoms with van der Waals surface area (Å²) in [5.41, 5.74) is 0. The molecule has 4 atom stereocenters. The van der Waals surface area contributed by atoms with Gasteiger partial charge in [-0.05, 0) is 63.5 Å². The molecule has 4 heteroatoms. The van der Waals surface area contributed by atoms with E-state index in [1.165, 1.54) is 64.5 Å². The Labute approximate surface area is 124 Å². The van der Waals surface area contributed by atoms with Gasteiger partial charge in [0, 0.05) is 12.1 Å². The highest BCUT2D eigenvalue weighted by molar-refractivity contribution is 5.85. The standard InChI is InChI=1S/2C7H13N.2ClH/c2*1-2-6-4-7(3-1)8-5-6;;/h2*6-8H,1-5H2;2*1H/t2*6-,7+;;/m10../s1. The van der Waals surface area contributed by atoms with Gasteiger partial charge in [-0.3, -0.25) is 0 Å². The van der Waals surface area contributed by atoms with Gasteiger partial charge in [0.1, 0.15) is 0 Å². The predicted octanol–water partition coefficient (Wildman–Crippen LogP) is 3.14. The molecule has 0 aromatic carbocycles. The summed E-state index contributed by atoms with van der Waals surface area (Å²) in [5.74, 6) is 2.10. The summed E-state index contributed by atoms with van der Waals surface area (Å²) < 4.78 is 0. The van der Waals surface area contributed by atoms with Gasteiger partial charge in [-0.1, -0.05) is 12.8 Å². The van der Waals surface area contributed by atoms with Crippen LogP contribution in [0.15, 0.2) is 0 Å². The zero-order chi connectivity index (χ0) is 10.8. The van der Waals surface area contributed by atoms with Crippen LogP contribution in [0.4, 0.5) is 0 Å². The molecule has 2 N–H and O–H groups in total. The summed E-state index contributed by atoms with van der Waals surface area (Å²) in [6, 6.07) is 1.82. The van der Waals surface area contributed by atoms with E-state index in [-0.39, 0.29) is 24.8 Å². The van der Waals surface area contributed by atoms with Crippen LogP contribution >= 0.6 is 24.8 Å². The van der Waals surface area contributed by atoms with Crippen molar-refractivity contribution in [3.8, 4) is 0 Å². The van der Waals surface area contributed by atoms with Crippen molar-refractivity contribution < 1.29 is 0 Å². The molecule has 2 saturated carbocycles. The van der Waals surface area contributed by atoms with Gasteiger partial charge in [-0.2, -0.15) is 0 Å². The molecule has 4 rings (SSSR count). The quantitative estimate of drug-likeness (QED) is 0.717. The Hall–Kier alpha value is 0.500. The molecule has 2 heterocycles. The summed E-state index contributed by atoms with van der Waals surface area (Å²) in [5, 5.41) is 7.04. The summed E-state index contributed by atoms with van der Waals surface area (Å²) in [7, 11) is 0. The lowest BCUT2D eigenvalue weighted by Crippen LogP contribution is -2.20. The van der Waals surface area contributed by atoms with Gasteiger partial charge in [-0.25, -0.2) is 0 Å². The topological polar surface area (TPSA) is 24.1 Å². The van der Waals surface area contributed by atoms with E-state index in [9.17, 15) is 0 Å². The van der Waals surface area contributed by atoms with E-state index < -0.39 is 0 Å². The van der Waals surface area contributed by atoms with E-state index in [0.717, 1.165) is 23.9 Å². The molecule has 0 aromatic heterocycles. The van der Waals surface area contributed by atoms with E-state index in [0.29, 0.717) is 0 Å². The maximum Gasteiger partial charge on any atom is 0.00702 e. The van der Waals surface area contributed by atoms with E-state index in [1.807, 2.05) is 0 Å². The fourth-order valence-electron chi connectivity index (χ4n) is 3.99. The number of hydrogen-bond donors (Lipinski definition) is 2. The van der Waals surface area contributed by atoms with Crippen LogP contribution in [0.3, 0.4) is 0 Å². The molecule has 4 bridgehead atoms. The van der Waals surface area contributed by atoms with Crippen LogP contribution in [0, 0.1) is 11.8 Å². The number of fused-ring (bicyclic) bond motifs is 4. The lowest BCUT2D eigenvalue weighted by molar-refractivity contribution is 0.410. The third kappa shape index (κ3) is 4.26. The number of rotatable bonds is 0. The third-order valence-corrected chi connectivity index (χ3v) is 4.96. The Morgan fingerprint density at radius 2 is 1.06 bits per heavy atom. The summed E-state index contributed by atoms with van der Waals surface area (Å²) in [4.78, 5) is 0. The van der Waals surface area contributed by atoms with Crippen molar-refractivity contribution in [1.29, 1.82) is 0 Å². The Bertz CT molecular complexity index is 186. The molecule has 0 unspecified atom stereocenters. The second kappa shape index (κ2) is 7.94. The molecule has 4 aliphatic rings. The van der Waals surface area contributed by atoms with Crippen molar-refractivity contribution in [3.63, 3.8) is 0 Å². The Morgan fingerprint density at radius 3 is 1.39 bits per heavy atom. The number of nitrogens with one attached hydrogen (secondary N) is 2.